The number of rotatable bonds is 7. The molecule has 8 heteroatoms. The van der Waals surface area contributed by atoms with Crippen molar-refractivity contribution in [2.45, 2.75) is 57.0 Å². The predicted molar refractivity (Wildman–Crippen MR) is 76.9 cm³/mol. The van der Waals surface area contributed by atoms with Crippen molar-refractivity contribution >= 4 is 5.96 Å². The van der Waals surface area contributed by atoms with Crippen LogP contribution in [0.25, 0.3) is 0 Å². The molecule has 0 spiro atoms. The average Bonchev–Trinajstić information content (AvgIpc) is 3.04. The Morgan fingerprint density at radius 2 is 2.18 bits per heavy atom. The van der Waals surface area contributed by atoms with Crippen molar-refractivity contribution in [1.29, 1.82) is 0 Å². The normalized spacial score (nSPS) is 28.2. The van der Waals surface area contributed by atoms with Crippen molar-refractivity contribution in [1.82, 2.24) is 10.6 Å². The predicted octanol–water partition coefficient (Wildman–Crippen LogP) is 1.83. The van der Waals surface area contributed by atoms with Gasteiger partial charge in [-0.3, -0.25) is 4.99 Å². The van der Waals surface area contributed by atoms with Gasteiger partial charge >= 0.3 is 6.18 Å². The first-order valence-corrected chi connectivity index (χ1v) is 7.82. The minimum Gasteiger partial charge on any atom is -0.373 e. The van der Waals surface area contributed by atoms with E-state index in [0.29, 0.717) is 25.0 Å². The molecule has 2 rings (SSSR count). The van der Waals surface area contributed by atoms with E-state index in [-0.39, 0.29) is 18.8 Å². The highest BCUT2D eigenvalue weighted by atomic mass is 19.4. The number of guanidine groups is 1. The molecule has 0 saturated carbocycles. The van der Waals surface area contributed by atoms with Crippen LogP contribution in [0.4, 0.5) is 13.2 Å². The van der Waals surface area contributed by atoms with Gasteiger partial charge in [-0.2, -0.15) is 13.2 Å². The summed E-state index contributed by atoms with van der Waals surface area (Å²) in [5.41, 5.74) is 0. The van der Waals surface area contributed by atoms with E-state index in [0.717, 1.165) is 25.8 Å². The highest BCUT2D eigenvalue weighted by Gasteiger charge is 2.41. The zero-order valence-electron chi connectivity index (χ0n) is 12.8. The number of hydrogen-bond acceptors (Lipinski definition) is 3. The first kappa shape index (κ1) is 17.3. The lowest BCUT2D eigenvalue weighted by Gasteiger charge is -2.22. The molecular weight excluding hydrogens is 299 g/mol. The van der Waals surface area contributed by atoms with Crippen molar-refractivity contribution in [2.24, 2.45) is 4.99 Å². The molecule has 0 aromatic rings. The fourth-order valence-corrected chi connectivity index (χ4v) is 2.83. The van der Waals surface area contributed by atoms with Gasteiger partial charge in [0.25, 0.3) is 0 Å². The zero-order chi connectivity index (χ0) is 16.0. The lowest BCUT2D eigenvalue weighted by molar-refractivity contribution is -0.173. The van der Waals surface area contributed by atoms with E-state index in [4.69, 9.17) is 4.74 Å². The molecule has 2 fully saturated rings. The standard InChI is InChI=1S/C14H24F3N3O2/c1-2-18-13(19-6-3-7-21-9-14(15,16)17)20-11-8-10-4-5-12(11)22-10/h10-12H,2-9H2,1H3,(H2,18,19,20). The van der Waals surface area contributed by atoms with E-state index in [1.165, 1.54) is 0 Å². The SMILES string of the molecule is CCNC(=NCCCOCC(F)(F)F)NC1CC2CCC1O2. The molecule has 2 aliphatic rings. The second-order valence-electron chi connectivity index (χ2n) is 5.64. The van der Waals surface area contributed by atoms with Gasteiger partial charge in [0.05, 0.1) is 18.2 Å². The van der Waals surface area contributed by atoms with Crippen LogP contribution in [0, 0.1) is 0 Å². The number of aliphatic imine (C=N–C) groups is 1. The molecule has 2 aliphatic heterocycles. The number of nitrogens with zero attached hydrogens (tertiary/aromatic N) is 1. The maximum absolute atomic E-state index is 11.9. The fourth-order valence-electron chi connectivity index (χ4n) is 2.83. The van der Waals surface area contributed by atoms with Crippen molar-refractivity contribution in [3.05, 3.63) is 0 Å². The lowest BCUT2D eigenvalue weighted by atomic mass is 9.96. The quantitative estimate of drug-likeness (QED) is 0.426. The minimum atomic E-state index is -4.26. The van der Waals surface area contributed by atoms with Crippen molar-refractivity contribution in [3.8, 4) is 0 Å². The summed E-state index contributed by atoms with van der Waals surface area (Å²) in [7, 11) is 0. The van der Waals surface area contributed by atoms with E-state index in [9.17, 15) is 13.2 Å². The number of alkyl halides is 3. The number of hydrogen-bond donors (Lipinski definition) is 2. The molecule has 2 N–H and O–H groups in total. The molecule has 2 heterocycles. The fraction of sp³-hybridized carbons (Fsp3) is 0.929. The third kappa shape index (κ3) is 5.64. The molecular formula is C14H24F3N3O2. The summed E-state index contributed by atoms with van der Waals surface area (Å²) in [6, 6.07) is 0.276. The van der Waals surface area contributed by atoms with Crippen LogP contribution in [0.5, 0.6) is 0 Å². The molecule has 128 valence electrons. The molecule has 2 bridgehead atoms. The van der Waals surface area contributed by atoms with Gasteiger partial charge in [0, 0.05) is 19.7 Å². The molecule has 0 amide bonds. The summed E-state index contributed by atoms with van der Waals surface area (Å²) >= 11 is 0. The van der Waals surface area contributed by atoms with Crippen LogP contribution in [0.2, 0.25) is 0 Å². The van der Waals surface area contributed by atoms with Gasteiger partial charge in [-0.1, -0.05) is 0 Å². The maximum Gasteiger partial charge on any atom is 0.411 e. The first-order chi connectivity index (χ1) is 10.5. The van der Waals surface area contributed by atoms with Crippen LogP contribution in [-0.2, 0) is 9.47 Å². The average molecular weight is 323 g/mol. The van der Waals surface area contributed by atoms with Crippen molar-refractivity contribution in [2.75, 3.05) is 26.3 Å². The van der Waals surface area contributed by atoms with E-state index < -0.39 is 12.8 Å². The van der Waals surface area contributed by atoms with Crippen LogP contribution in [0.3, 0.4) is 0 Å². The molecule has 5 nitrogen and oxygen atoms in total. The van der Waals surface area contributed by atoms with Gasteiger partial charge in [-0.15, -0.1) is 0 Å². The smallest absolute Gasteiger partial charge is 0.373 e. The summed E-state index contributed by atoms with van der Waals surface area (Å²) in [5.74, 6) is 0.694. The van der Waals surface area contributed by atoms with Crippen molar-refractivity contribution in [3.63, 3.8) is 0 Å². The molecule has 0 aromatic carbocycles. The third-order valence-electron chi connectivity index (χ3n) is 3.75. The van der Waals surface area contributed by atoms with Crippen molar-refractivity contribution < 1.29 is 22.6 Å². The molecule has 3 atom stereocenters. The van der Waals surface area contributed by atoms with Crippen LogP contribution in [0.1, 0.15) is 32.6 Å². The van der Waals surface area contributed by atoms with Gasteiger partial charge in [0.2, 0.25) is 0 Å². The summed E-state index contributed by atoms with van der Waals surface area (Å²) in [6.45, 7) is 1.99. The third-order valence-corrected chi connectivity index (χ3v) is 3.75. The molecule has 3 unspecified atom stereocenters. The van der Waals surface area contributed by atoms with Crippen LogP contribution >= 0.6 is 0 Å². The Morgan fingerprint density at radius 1 is 1.36 bits per heavy atom. The van der Waals surface area contributed by atoms with Gasteiger partial charge in [0.1, 0.15) is 6.61 Å². The maximum atomic E-state index is 11.9. The van der Waals surface area contributed by atoms with Crippen LogP contribution in [-0.4, -0.2) is 56.7 Å². The van der Waals surface area contributed by atoms with Gasteiger partial charge in [-0.25, -0.2) is 0 Å². The summed E-state index contributed by atoms with van der Waals surface area (Å²) in [4.78, 5) is 4.37. The zero-order valence-corrected chi connectivity index (χ0v) is 12.8. The number of halogens is 3. The first-order valence-electron chi connectivity index (χ1n) is 7.82. The van der Waals surface area contributed by atoms with E-state index in [2.05, 4.69) is 20.4 Å². The second kappa shape index (κ2) is 8.01. The minimum absolute atomic E-state index is 0.0552. The van der Waals surface area contributed by atoms with Crippen LogP contribution in [0.15, 0.2) is 4.99 Å². The summed E-state index contributed by atoms with van der Waals surface area (Å²) < 4.78 is 46.1. The number of ether oxygens (including phenoxy) is 2. The Hall–Kier alpha value is -1.02. The molecule has 0 aromatic heterocycles. The largest absolute Gasteiger partial charge is 0.411 e. The summed E-state index contributed by atoms with van der Waals surface area (Å²) in [5, 5.41) is 6.50. The van der Waals surface area contributed by atoms with E-state index >= 15 is 0 Å². The highest BCUT2D eigenvalue weighted by Crippen LogP contribution is 2.34. The topological polar surface area (TPSA) is 54.9 Å². The summed E-state index contributed by atoms with van der Waals surface area (Å²) in [6.07, 6.45) is 0.00998. The van der Waals surface area contributed by atoms with E-state index in [1.54, 1.807) is 0 Å². The Kier molecular flexibility index (Phi) is 6.31. The van der Waals surface area contributed by atoms with Gasteiger partial charge < -0.3 is 20.1 Å². The van der Waals surface area contributed by atoms with Gasteiger partial charge in [-0.05, 0) is 32.6 Å². The van der Waals surface area contributed by atoms with Crippen LogP contribution < -0.4 is 10.6 Å². The Bertz CT molecular complexity index is 377. The Morgan fingerprint density at radius 3 is 2.77 bits per heavy atom. The molecule has 0 aliphatic carbocycles. The molecule has 0 radical (unpaired) electrons. The number of fused-ring (bicyclic) bond motifs is 2. The Balaban J connectivity index is 1.66. The highest BCUT2D eigenvalue weighted by molar-refractivity contribution is 5.80. The Labute approximate surface area is 128 Å². The van der Waals surface area contributed by atoms with E-state index in [1.807, 2.05) is 6.92 Å². The molecule has 2 saturated heterocycles. The second-order valence-corrected chi connectivity index (χ2v) is 5.64. The van der Waals surface area contributed by atoms with Gasteiger partial charge in [0.15, 0.2) is 5.96 Å². The number of nitrogens with one attached hydrogen (secondary N) is 2. The molecule has 22 heavy (non-hydrogen) atoms. The monoisotopic (exact) mass is 323 g/mol. The lowest BCUT2D eigenvalue weighted by Crippen LogP contribution is -2.47.